The summed E-state index contributed by atoms with van der Waals surface area (Å²) in [6.07, 6.45) is 0. The number of non-ortho nitro benzene ring substituents is 1. The van der Waals surface area contributed by atoms with Crippen LogP contribution in [0, 0.1) is 10.1 Å². The second kappa shape index (κ2) is 10.3. The van der Waals surface area contributed by atoms with Gasteiger partial charge in [-0.1, -0.05) is 19.9 Å². The second-order valence-corrected chi connectivity index (χ2v) is 9.04. The van der Waals surface area contributed by atoms with Crippen LogP contribution in [0.25, 0.3) is 0 Å². The summed E-state index contributed by atoms with van der Waals surface area (Å²) in [4.78, 5) is 18.6. The first-order chi connectivity index (χ1) is 13.7. The maximum Gasteiger partial charge on any atom is 0.270 e. The Morgan fingerprint density at radius 3 is 2.69 bits per heavy atom. The van der Waals surface area contributed by atoms with Crippen LogP contribution < -0.4 is 15.4 Å². The Morgan fingerprint density at radius 1 is 1.31 bits per heavy atom. The fraction of sp³-hybridized carbons (Fsp3) is 0.412. The van der Waals surface area contributed by atoms with Gasteiger partial charge in [0, 0.05) is 37.6 Å². The molecule has 1 aromatic heterocycles. The first kappa shape index (κ1) is 22.7. The van der Waals surface area contributed by atoms with Crippen molar-refractivity contribution in [2.75, 3.05) is 20.1 Å². The lowest BCUT2D eigenvalue weighted by molar-refractivity contribution is -0.385. The molecule has 12 heteroatoms. The minimum absolute atomic E-state index is 0.0838. The fourth-order valence-electron chi connectivity index (χ4n) is 2.27. The number of rotatable bonds is 9. The monoisotopic (exact) mass is 440 g/mol. The first-order valence-electron chi connectivity index (χ1n) is 8.86. The number of sulfonamides is 1. The number of aromatic nitrogens is 1. The fourth-order valence-corrected chi connectivity index (χ4v) is 4.23. The van der Waals surface area contributed by atoms with Crippen LogP contribution in [-0.4, -0.2) is 44.4 Å². The normalized spacial score (nSPS) is 12.2. The van der Waals surface area contributed by atoms with Gasteiger partial charge in [-0.15, -0.1) is 11.3 Å². The molecule has 2 rings (SSSR count). The largest absolute Gasteiger partial charge is 0.355 e. The molecule has 0 unspecified atom stereocenters. The molecule has 0 saturated carbocycles. The summed E-state index contributed by atoms with van der Waals surface area (Å²) >= 11 is 1.57. The first-order valence-corrected chi connectivity index (χ1v) is 11.2. The van der Waals surface area contributed by atoms with Gasteiger partial charge in [-0.3, -0.25) is 15.1 Å². The van der Waals surface area contributed by atoms with Crippen molar-refractivity contribution >= 4 is 33.0 Å². The van der Waals surface area contributed by atoms with Gasteiger partial charge in [0.1, 0.15) is 5.01 Å². The van der Waals surface area contributed by atoms with E-state index in [0.29, 0.717) is 18.4 Å². The van der Waals surface area contributed by atoms with E-state index in [9.17, 15) is 18.5 Å². The SMILES string of the molecule is CN=C(NCCNS(=O)(=O)c1cccc([N+](=O)[O-])c1)NCc1nc(C(C)C)cs1. The minimum atomic E-state index is -3.84. The number of thiazole rings is 1. The quantitative estimate of drug-likeness (QED) is 0.178. The second-order valence-electron chi connectivity index (χ2n) is 6.33. The summed E-state index contributed by atoms with van der Waals surface area (Å²) in [5, 5.41) is 19.9. The molecule has 0 amide bonds. The molecule has 3 N–H and O–H groups in total. The number of hydrogen-bond acceptors (Lipinski definition) is 7. The number of nitrogens with zero attached hydrogens (tertiary/aromatic N) is 3. The molecule has 1 heterocycles. The summed E-state index contributed by atoms with van der Waals surface area (Å²) in [6.45, 7) is 5.04. The highest BCUT2D eigenvalue weighted by Crippen LogP contribution is 2.18. The third kappa shape index (κ3) is 6.76. The lowest BCUT2D eigenvalue weighted by atomic mass is 10.2. The highest BCUT2D eigenvalue weighted by molar-refractivity contribution is 7.89. The Balaban J connectivity index is 1.81. The van der Waals surface area contributed by atoms with E-state index in [1.807, 2.05) is 5.38 Å². The molecule has 0 saturated heterocycles. The molecule has 0 aliphatic heterocycles. The standard InChI is InChI=1S/C17H24N6O4S2/c1-12(2)15-11-28-16(22-15)10-20-17(18-3)19-7-8-21-29(26,27)14-6-4-5-13(9-14)23(24)25/h4-6,9,11-12,21H,7-8,10H2,1-3H3,(H2,18,19,20). The van der Waals surface area contributed by atoms with E-state index in [1.54, 1.807) is 18.4 Å². The van der Waals surface area contributed by atoms with Gasteiger partial charge >= 0.3 is 0 Å². The molecular weight excluding hydrogens is 416 g/mol. The van der Waals surface area contributed by atoms with E-state index in [4.69, 9.17) is 0 Å². The van der Waals surface area contributed by atoms with Crippen LogP contribution in [0.2, 0.25) is 0 Å². The van der Waals surface area contributed by atoms with Crippen molar-refractivity contribution in [2.24, 2.45) is 4.99 Å². The zero-order valence-corrected chi connectivity index (χ0v) is 18.0. The number of nitro benzene ring substituents is 1. The average molecular weight is 441 g/mol. The molecule has 0 fully saturated rings. The minimum Gasteiger partial charge on any atom is -0.355 e. The number of aliphatic imine (C=N–C) groups is 1. The van der Waals surface area contributed by atoms with Gasteiger partial charge in [-0.25, -0.2) is 18.1 Å². The average Bonchev–Trinajstić information content (AvgIpc) is 3.17. The molecule has 0 aliphatic carbocycles. The van der Waals surface area contributed by atoms with Crippen LogP contribution in [0.3, 0.4) is 0 Å². The summed E-state index contributed by atoms with van der Waals surface area (Å²) in [7, 11) is -2.23. The number of nitrogens with one attached hydrogen (secondary N) is 3. The Kier molecular flexibility index (Phi) is 8.05. The zero-order chi connectivity index (χ0) is 21.4. The molecule has 0 radical (unpaired) electrons. The van der Waals surface area contributed by atoms with E-state index in [0.717, 1.165) is 16.8 Å². The predicted octanol–water partition coefficient (Wildman–Crippen LogP) is 1.82. The van der Waals surface area contributed by atoms with Crippen molar-refractivity contribution in [3.8, 4) is 0 Å². The molecule has 29 heavy (non-hydrogen) atoms. The smallest absolute Gasteiger partial charge is 0.270 e. The Hall–Kier alpha value is -2.57. The van der Waals surface area contributed by atoms with Crippen LogP contribution in [0.15, 0.2) is 39.5 Å². The molecule has 0 bridgehead atoms. The number of nitro groups is 1. The summed E-state index contributed by atoms with van der Waals surface area (Å²) < 4.78 is 27.0. The summed E-state index contributed by atoms with van der Waals surface area (Å²) in [6, 6.07) is 4.90. The van der Waals surface area contributed by atoms with Gasteiger partial charge in [0.2, 0.25) is 10.0 Å². The maximum atomic E-state index is 12.3. The molecular formula is C17H24N6O4S2. The van der Waals surface area contributed by atoms with E-state index in [2.05, 4.69) is 39.2 Å². The van der Waals surface area contributed by atoms with Crippen LogP contribution >= 0.6 is 11.3 Å². The van der Waals surface area contributed by atoms with Gasteiger partial charge in [-0.05, 0) is 12.0 Å². The van der Waals surface area contributed by atoms with Crippen LogP contribution in [0.1, 0.15) is 30.5 Å². The van der Waals surface area contributed by atoms with Crippen LogP contribution in [0.5, 0.6) is 0 Å². The molecule has 0 spiro atoms. The molecule has 2 aromatic rings. The Morgan fingerprint density at radius 2 is 2.07 bits per heavy atom. The summed E-state index contributed by atoms with van der Waals surface area (Å²) in [5.41, 5.74) is 0.767. The van der Waals surface area contributed by atoms with Crippen molar-refractivity contribution in [2.45, 2.75) is 31.2 Å². The predicted molar refractivity (Wildman–Crippen MR) is 113 cm³/mol. The van der Waals surface area contributed by atoms with Crippen LogP contribution in [-0.2, 0) is 16.6 Å². The van der Waals surface area contributed by atoms with Crippen molar-refractivity contribution in [1.29, 1.82) is 0 Å². The molecule has 158 valence electrons. The highest BCUT2D eigenvalue weighted by Gasteiger charge is 2.17. The van der Waals surface area contributed by atoms with Crippen molar-refractivity contribution < 1.29 is 13.3 Å². The Bertz CT molecular complexity index is 972. The third-order valence-corrected chi connectivity index (χ3v) is 6.17. The zero-order valence-electron chi connectivity index (χ0n) is 16.4. The summed E-state index contributed by atoms with van der Waals surface area (Å²) in [5.74, 6) is 0.886. The lowest BCUT2D eigenvalue weighted by Crippen LogP contribution is -2.41. The van der Waals surface area contributed by atoms with Crippen molar-refractivity contribution in [3.05, 3.63) is 50.5 Å². The maximum absolute atomic E-state index is 12.3. The Labute approximate surface area is 173 Å². The topological polar surface area (TPSA) is 139 Å². The van der Waals surface area contributed by atoms with Gasteiger partial charge in [-0.2, -0.15) is 0 Å². The van der Waals surface area contributed by atoms with Crippen LogP contribution in [0.4, 0.5) is 5.69 Å². The van der Waals surface area contributed by atoms with Crippen molar-refractivity contribution in [1.82, 2.24) is 20.3 Å². The number of benzene rings is 1. The molecule has 1 aromatic carbocycles. The molecule has 0 atom stereocenters. The number of guanidine groups is 1. The van der Waals surface area contributed by atoms with Gasteiger partial charge in [0.15, 0.2) is 5.96 Å². The van der Waals surface area contributed by atoms with Crippen molar-refractivity contribution in [3.63, 3.8) is 0 Å². The molecule has 10 nitrogen and oxygen atoms in total. The van der Waals surface area contributed by atoms with E-state index >= 15 is 0 Å². The lowest BCUT2D eigenvalue weighted by Gasteiger charge is -2.12. The number of hydrogen-bond donors (Lipinski definition) is 3. The van der Waals surface area contributed by atoms with E-state index in [1.165, 1.54) is 18.2 Å². The van der Waals surface area contributed by atoms with E-state index < -0.39 is 14.9 Å². The van der Waals surface area contributed by atoms with Gasteiger partial charge in [0.05, 0.1) is 22.1 Å². The third-order valence-electron chi connectivity index (χ3n) is 3.84. The van der Waals surface area contributed by atoms with Gasteiger partial charge in [0.25, 0.3) is 5.69 Å². The highest BCUT2D eigenvalue weighted by atomic mass is 32.2. The van der Waals surface area contributed by atoms with E-state index in [-0.39, 0.29) is 23.7 Å². The molecule has 0 aliphatic rings. The van der Waals surface area contributed by atoms with Gasteiger partial charge < -0.3 is 10.6 Å².